The average Bonchev–Trinajstić information content (AvgIpc) is 3.46. The number of benzene rings is 1. The molecule has 5 heterocycles. The number of aromatic nitrogens is 2. The topological polar surface area (TPSA) is 102 Å². The van der Waals surface area contributed by atoms with Gasteiger partial charge in [0, 0.05) is 40.9 Å². The molecule has 7 rings (SSSR count). The molecule has 0 spiro atoms. The van der Waals surface area contributed by atoms with Crippen LogP contribution in [0.5, 0.6) is 0 Å². The Bertz CT molecular complexity index is 1390. The van der Waals surface area contributed by atoms with E-state index in [1.165, 1.54) is 12.1 Å². The molecular weight excluding hydrogens is 527 g/mol. The molecule has 2 aromatic heterocycles. The molecule has 9 nitrogen and oxygen atoms in total. The molecule has 1 aromatic carbocycles. The lowest BCUT2D eigenvalue weighted by molar-refractivity contribution is -0.137. The Morgan fingerprint density at radius 3 is 2.48 bits per heavy atom. The minimum Gasteiger partial charge on any atom is -0.373 e. The molecule has 3 atom stereocenters. The van der Waals surface area contributed by atoms with Gasteiger partial charge in [0.25, 0.3) is 0 Å². The minimum atomic E-state index is -4.50. The van der Waals surface area contributed by atoms with Gasteiger partial charge in [0.15, 0.2) is 0 Å². The predicted molar refractivity (Wildman–Crippen MR) is 136 cm³/mol. The van der Waals surface area contributed by atoms with Crippen molar-refractivity contribution in [1.82, 2.24) is 20.9 Å². The third kappa shape index (κ3) is 4.68. The summed E-state index contributed by atoms with van der Waals surface area (Å²) in [5.41, 5.74) is 3.56. The van der Waals surface area contributed by atoms with Crippen molar-refractivity contribution in [2.24, 2.45) is 0 Å². The molecule has 4 fully saturated rings. The zero-order chi connectivity index (χ0) is 27.4. The summed E-state index contributed by atoms with van der Waals surface area (Å²) in [7, 11) is 0. The lowest BCUT2D eigenvalue weighted by atomic mass is 9.98. The van der Waals surface area contributed by atoms with Crippen molar-refractivity contribution in [2.45, 2.75) is 81.6 Å². The SMILES string of the molecule is O=C1NC(c2ccc(N3C4CCC3CC(OCc3c(-c5ccccc5C(F)(F)F)noc3C3CC3)C4)nc2)NO1. The summed E-state index contributed by atoms with van der Waals surface area (Å²) in [5, 5.41) is 6.77. The number of anilines is 1. The number of alkyl halides is 3. The van der Waals surface area contributed by atoms with E-state index in [1.54, 1.807) is 12.3 Å². The van der Waals surface area contributed by atoms with Crippen LogP contribution < -0.4 is 15.7 Å². The molecule has 3 aromatic rings. The fraction of sp³-hybridized carbons (Fsp3) is 0.464. The van der Waals surface area contributed by atoms with Gasteiger partial charge < -0.3 is 19.0 Å². The average molecular weight is 556 g/mol. The van der Waals surface area contributed by atoms with Crippen LogP contribution in [-0.4, -0.2) is 34.4 Å². The van der Waals surface area contributed by atoms with Gasteiger partial charge in [-0.3, -0.25) is 5.32 Å². The van der Waals surface area contributed by atoms with Crippen LogP contribution in [0.1, 0.15) is 73.1 Å². The first-order valence-corrected chi connectivity index (χ1v) is 13.6. The summed E-state index contributed by atoms with van der Waals surface area (Å²) < 4.78 is 53.4. The van der Waals surface area contributed by atoms with E-state index in [9.17, 15) is 18.0 Å². The van der Waals surface area contributed by atoms with Crippen molar-refractivity contribution < 1.29 is 32.1 Å². The first-order valence-electron chi connectivity index (χ1n) is 13.6. The van der Waals surface area contributed by atoms with Crippen LogP contribution in [0.15, 0.2) is 47.1 Å². The number of hydrogen-bond acceptors (Lipinski definition) is 8. The molecule has 4 aliphatic rings. The summed E-state index contributed by atoms with van der Waals surface area (Å²) in [6, 6.07) is 9.88. The molecule has 3 saturated heterocycles. The minimum absolute atomic E-state index is 0.0209. The van der Waals surface area contributed by atoms with Gasteiger partial charge in [-0.25, -0.2) is 9.78 Å². The Hall–Kier alpha value is -3.64. The van der Waals surface area contributed by atoms with E-state index in [4.69, 9.17) is 14.1 Å². The molecule has 2 N–H and O–H groups in total. The number of hydrogen-bond donors (Lipinski definition) is 2. The number of halogens is 3. The highest BCUT2D eigenvalue weighted by molar-refractivity contribution is 5.69. The Morgan fingerprint density at radius 1 is 1.05 bits per heavy atom. The van der Waals surface area contributed by atoms with Crippen molar-refractivity contribution in [3.63, 3.8) is 0 Å². The molecule has 0 radical (unpaired) electrons. The highest BCUT2D eigenvalue weighted by atomic mass is 19.4. The predicted octanol–water partition coefficient (Wildman–Crippen LogP) is 5.59. The third-order valence-electron chi connectivity index (χ3n) is 8.31. The molecule has 210 valence electrons. The largest absolute Gasteiger partial charge is 0.427 e. The number of ether oxygens (including phenoxy) is 1. The molecule has 3 aliphatic heterocycles. The summed E-state index contributed by atoms with van der Waals surface area (Å²) in [4.78, 5) is 23.1. The van der Waals surface area contributed by atoms with E-state index >= 15 is 0 Å². The number of nitrogens with zero attached hydrogens (tertiary/aromatic N) is 3. The van der Waals surface area contributed by atoms with Gasteiger partial charge in [0.05, 0.1) is 18.3 Å². The Morgan fingerprint density at radius 2 is 1.82 bits per heavy atom. The van der Waals surface area contributed by atoms with E-state index in [0.29, 0.717) is 11.3 Å². The van der Waals surface area contributed by atoms with Crippen LogP contribution in [0.25, 0.3) is 11.3 Å². The second-order valence-corrected chi connectivity index (χ2v) is 10.9. The summed E-state index contributed by atoms with van der Waals surface area (Å²) in [6.07, 6.45) is 1.75. The normalized spacial score (nSPS) is 26.2. The van der Waals surface area contributed by atoms with Gasteiger partial charge in [0.2, 0.25) is 0 Å². The van der Waals surface area contributed by atoms with Crippen LogP contribution in [0.3, 0.4) is 0 Å². The summed E-state index contributed by atoms with van der Waals surface area (Å²) in [6.45, 7) is 0.163. The number of carbonyl (C=O) groups is 1. The zero-order valence-corrected chi connectivity index (χ0v) is 21.5. The Kier molecular flexibility index (Phi) is 6.19. The van der Waals surface area contributed by atoms with Crippen molar-refractivity contribution >= 4 is 11.9 Å². The number of amides is 1. The number of pyridine rings is 1. The van der Waals surface area contributed by atoms with Crippen LogP contribution in [0.4, 0.5) is 23.8 Å². The molecule has 3 unspecified atom stereocenters. The van der Waals surface area contributed by atoms with Crippen LogP contribution in [0.2, 0.25) is 0 Å². The standard InChI is InChI=1S/C28H28F3N5O4/c29-28(30,31)22-4-2-1-3-20(22)24-21(25(39-34-24)15-5-6-15)14-38-19-11-17-8-9-18(12-19)36(17)23-10-7-16(13-32-23)26-33-27(37)40-35-26/h1-4,7,10,13,15,17-19,26,35H,5-6,8-9,11-12,14H2,(H,33,37). The summed E-state index contributed by atoms with van der Waals surface area (Å²) >= 11 is 0. The van der Waals surface area contributed by atoms with Gasteiger partial charge >= 0.3 is 12.3 Å². The lowest BCUT2D eigenvalue weighted by Gasteiger charge is -2.39. The van der Waals surface area contributed by atoms with E-state index in [-0.39, 0.29) is 42.0 Å². The van der Waals surface area contributed by atoms with Gasteiger partial charge in [-0.05, 0) is 50.7 Å². The number of nitrogens with one attached hydrogen (secondary N) is 2. The highest BCUT2D eigenvalue weighted by Gasteiger charge is 2.43. The fourth-order valence-electron chi connectivity index (χ4n) is 6.28. The third-order valence-corrected chi connectivity index (χ3v) is 8.31. The summed E-state index contributed by atoms with van der Waals surface area (Å²) in [5.74, 6) is 1.71. The number of piperidine rings is 1. The Balaban J connectivity index is 1.06. The second kappa shape index (κ2) is 9.77. The quantitative estimate of drug-likeness (QED) is 0.389. The van der Waals surface area contributed by atoms with Crippen LogP contribution in [-0.2, 0) is 22.4 Å². The van der Waals surface area contributed by atoms with Crippen molar-refractivity contribution in [2.75, 3.05) is 4.90 Å². The maximum absolute atomic E-state index is 13.8. The van der Waals surface area contributed by atoms with E-state index in [1.807, 2.05) is 12.1 Å². The molecule has 2 bridgehead atoms. The molecule has 1 aliphatic carbocycles. The second-order valence-electron chi connectivity index (χ2n) is 10.9. The highest BCUT2D eigenvalue weighted by Crippen LogP contribution is 2.46. The number of hydroxylamine groups is 1. The first-order chi connectivity index (χ1) is 19.3. The Labute approximate surface area is 228 Å². The fourth-order valence-corrected chi connectivity index (χ4v) is 6.28. The maximum atomic E-state index is 13.8. The first kappa shape index (κ1) is 25.3. The van der Waals surface area contributed by atoms with E-state index in [2.05, 4.69) is 25.8 Å². The smallest absolute Gasteiger partial charge is 0.373 e. The van der Waals surface area contributed by atoms with Gasteiger partial charge in [-0.2, -0.15) is 13.2 Å². The molecule has 12 heteroatoms. The van der Waals surface area contributed by atoms with Gasteiger partial charge in [-0.15, -0.1) is 5.48 Å². The van der Waals surface area contributed by atoms with Crippen molar-refractivity contribution in [1.29, 1.82) is 0 Å². The van der Waals surface area contributed by atoms with E-state index < -0.39 is 24.0 Å². The number of carbonyl (C=O) groups excluding carboxylic acids is 1. The van der Waals surface area contributed by atoms with Gasteiger partial charge in [-0.1, -0.05) is 29.4 Å². The van der Waals surface area contributed by atoms with Gasteiger partial charge in [0.1, 0.15) is 23.4 Å². The molecule has 1 amide bonds. The van der Waals surface area contributed by atoms with Crippen LogP contribution in [0, 0.1) is 0 Å². The number of fused-ring (bicyclic) bond motifs is 2. The molecule has 40 heavy (non-hydrogen) atoms. The van der Waals surface area contributed by atoms with Crippen molar-refractivity contribution in [3.05, 3.63) is 65.0 Å². The van der Waals surface area contributed by atoms with Crippen LogP contribution >= 0.6 is 0 Å². The number of rotatable bonds is 7. The zero-order valence-electron chi connectivity index (χ0n) is 21.5. The molecule has 1 saturated carbocycles. The monoisotopic (exact) mass is 555 g/mol. The maximum Gasteiger partial charge on any atom is 0.427 e. The lowest BCUT2D eigenvalue weighted by Crippen LogP contribution is -2.46. The van der Waals surface area contributed by atoms with E-state index in [0.717, 1.165) is 56.0 Å². The molecular formula is C28H28F3N5O4. The van der Waals surface area contributed by atoms with Crippen molar-refractivity contribution in [3.8, 4) is 11.3 Å².